The summed E-state index contributed by atoms with van der Waals surface area (Å²) in [6.07, 6.45) is 4.60. The molecule has 0 aliphatic rings. The van der Waals surface area contributed by atoms with Crippen molar-refractivity contribution in [1.82, 2.24) is 10.3 Å². The molecule has 0 aliphatic heterocycles. The maximum atomic E-state index is 8.74. The van der Waals surface area contributed by atoms with Gasteiger partial charge in [0.15, 0.2) is 5.96 Å². The maximum absolute atomic E-state index is 8.74. The van der Waals surface area contributed by atoms with Gasteiger partial charge >= 0.3 is 10.4 Å². The average Bonchev–Trinajstić information content (AvgIpc) is 2.36. The summed E-state index contributed by atoms with van der Waals surface area (Å²) >= 11 is 0. The van der Waals surface area contributed by atoms with Gasteiger partial charge in [-0.05, 0) is 31.4 Å². The van der Waals surface area contributed by atoms with Gasteiger partial charge in [0.2, 0.25) is 0 Å². The topological polar surface area (TPSA) is 159 Å². The molecule has 0 saturated carbocycles. The number of hydrogen-bond donors (Lipinski definition) is 5. The van der Waals surface area contributed by atoms with Crippen LogP contribution in [0.2, 0.25) is 0 Å². The van der Waals surface area contributed by atoms with Gasteiger partial charge in [-0.1, -0.05) is 0 Å². The first-order valence-electron chi connectivity index (χ1n) is 5.99. The normalized spacial score (nSPS) is 10.2. The van der Waals surface area contributed by atoms with Crippen LogP contribution in [-0.2, 0) is 16.8 Å². The highest BCUT2D eigenvalue weighted by molar-refractivity contribution is 7.79. The molecule has 0 atom stereocenters. The van der Waals surface area contributed by atoms with E-state index in [0.717, 1.165) is 37.3 Å². The van der Waals surface area contributed by atoms with Crippen molar-refractivity contribution in [3.8, 4) is 5.75 Å². The van der Waals surface area contributed by atoms with Crippen LogP contribution in [0.25, 0.3) is 0 Å². The maximum Gasteiger partial charge on any atom is 0.394 e. The van der Waals surface area contributed by atoms with E-state index in [1.165, 1.54) is 0 Å². The van der Waals surface area contributed by atoms with E-state index < -0.39 is 10.4 Å². The lowest BCUT2D eigenvalue weighted by Crippen LogP contribution is -2.30. The Kier molecular flexibility index (Phi) is 9.01. The molecule has 0 spiro atoms. The van der Waals surface area contributed by atoms with Gasteiger partial charge < -0.3 is 15.8 Å². The molecule has 9 nitrogen and oxygen atoms in total. The number of methoxy groups -OCH3 is 1. The Bertz CT molecular complexity index is 527. The van der Waals surface area contributed by atoms with Gasteiger partial charge in [-0.2, -0.15) is 8.42 Å². The van der Waals surface area contributed by atoms with Crippen molar-refractivity contribution in [2.75, 3.05) is 13.7 Å². The second kappa shape index (κ2) is 9.91. The Balaban J connectivity index is 0.000000690. The number of hydrogen-bond acceptors (Lipinski definition) is 5. The van der Waals surface area contributed by atoms with Crippen molar-refractivity contribution < 1.29 is 22.3 Å². The van der Waals surface area contributed by atoms with E-state index in [4.69, 9.17) is 33.4 Å². The number of nitrogens with two attached hydrogens (primary N) is 1. The number of guanidine groups is 1. The highest BCUT2D eigenvalue weighted by Gasteiger charge is 2.02. The standard InChI is InChI=1S/C11H18N4O.H2O4S/c1-16-10-6-4-8-14-9(10)5-2-3-7-15-11(12)13;1-5(2,3)4/h4,6,8H,2-3,5,7H2,1H3,(H4,12,13,15);(H2,1,2,3,4). The molecule has 0 fully saturated rings. The lowest BCUT2D eigenvalue weighted by molar-refractivity contribution is 0.381. The van der Waals surface area contributed by atoms with Crippen LogP contribution >= 0.6 is 0 Å². The summed E-state index contributed by atoms with van der Waals surface area (Å²) in [5, 5.41) is 9.76. The van der Waals surface area contributed by atoms with Crippen LogP contribution in [0.15, 0.2) is 18.3 Å². The smallest absolute Gasteiger partial charge is 0.394 e. The zero-order valence-electron chi connectivity index (χ0n) is 11.6. The van der Waals surface area contributed by atoms with Gasteiger partial charge in [0.05, 0.1) is 12.8 Å². The van der Waals surface area contributed by atoms with Crippen molar-refractivity contribution in [2.24, 2.45) is 5.73 Å². The molecule has 0 radical (unpaired) electrons. The van der Waals surface area contributed by atoms with E-state index in [1.807, 2.05) is 12.1 Å². The molecule has 0 aromatic carbocycles. The Morgan fingerprint density at radius 1 is 1.48 bits per heavy atom. The lowest BCUT2D eigenvalue weighted by atomic mass is 10.1. The molecule has 120 valence electrons. The third-order valence-electron chi connectivity index (χ3n) is 2.22. The molecule has 1 aromatic rings. The first-order chi connectivity index (χ1) is 9.74. The highest BCUT2D eigenvalue weighted by atomic mass is 32.3. The van der Waals surface area contributed by atoms with E-state index in [1.54, 1.807) is 13.3 Å². The highest BCUT2D eigenvalue weighted by Crippen LogP contribution is 2.16. The fourth-order valence-corrected chi connectivity index (χ4v) is 1.44. The Hall–Kier alpha value is -1.91. The van der Waals surface area contributed by atoms with E-state index in [-0.39, 0.29) is 5.96 Å². The van der Waals surface area contributed by atoms with Crippen LogP contribution in [-0.4, -0.2) is 42.1 Å². The first kappa shape index (κ1) is 19.1. The summed E-state index contributed by atoms with van der Waals surface area (Å²) in [5.41, 5.74) is 6.15. The van der Waals surface area contributed by atoms with Crippen molar-refractivity contribution in [2.45, 2.75) is 19.3 Å². The third kappa shape index (κ3) is 12.9. The molecule has 0 amide bonds. The van der Waals surface area contributed by atoms with Gasteiger partial charge in [-0.25, -0.2) is 0 Å². The van der Waals surface area contributed by atoms with Crippen LogP contribution < -0.4 is 15.8 Å². The van der Waals surface area contributed by atoms with E-state index in [9.17, 15) is 0 Å². The van der Waals surface area contributed by atoms with Crippen LogP contribution in [0.3, 0.4) is 0 Å². The minimum Gasteiger partial charge on any atom is -0.495 e. The number of ether oxygens (including phenoxy) is 1. The second-order valence-electron chi connectivity index (χ2n) is 3.90. The number of unbranched alkanes of at least 4 members (excludes halogenated alkanes) is 1. The predicted octanol–water partition coefficient (Wildman–Crippen LogP) is 0.243. The number of aromatic nitrogens is 1. The van der Waals surface area contributed by atoms with Gasteiger partial charge in [0.1, 0.15) is 5.75 Å². The molecule has 21 heavy (non-hydrogen) atoms. The summed E-state index contributed by atoms with van der Waals surface area (Å²) < 4.78 is 36.8. The molecule has 0 unspecified atom stereocenters. The summed E-state index contributed by atoms with van der Waals surface area (Å²) in [6.45, 7) is 0.727. The fourth-order valence-electron chi connectivity index (χ4n) is 1.44. The minimum absolute atomic E-state index is 0.0235. The molecule has 10 heteroatoms. The van der Waals surface area contributed by atoms with Gasteiger partial charge in [-0.3, -0.25) is 19.5 Å². The fraction of sp³-hybridized carbons (Fsp3) is 0.455. The number of nitrogens with one attached hydrogen (secondary N) is 2. The van der Waals surface area contributed by atoms with Crippen LogP contribution in [0.4, 0.5) is 0 Å². The Labute approximate surface area is 123 Å². The summed E-state index contributed by atoms with van der Waals surface area (Å²) in [5.74, 6) is 0.859. The van der Waals surface area contributed by atoms with Crippen molar-refractivity contribution in [1.29, 1.82) is 5.41 Å². The molecule has 1 rings (SSSR count). The molecular weight excluding hydrogens is 300 g/mol. The summed E-state index contributed by atoms with van der Waals surface area (Å²) in [4.78, 5) is 4.27. The molecule has 0 aliphatic carbocycles. The minimum atomic E-state index is -4.67. The second-order valence-corrected chi connectivity index (χ2v) is 4.79. The molecule has 0 bridgehead atoms. The quantitative estimate of drug-likeness (QED) is 0.216. The predicted molar refractivity (Wildman–Crippen MR) is 77.8 cm³/mol. The summed E-state index contributed by atoms with van der Waals surface area (Å²) in [6, 6.07) is 3.77. The monoisotopic (exact) mass is 320 g/mol. The van der Waals surface area contributed by atoms with Crippen LogP contribution in [0.1, 0.15) is 18.5 Å². The van der Waals surface area contributed by atoms with E-state index >= 15 is 0 Å². The Morgan fingerprint density at radius 3 is 2.62 bits per heavy atom. The van der Waals surface area contributed by atoms with E-state index in [2.05, 4.69) is 10.3 Å². The molecule has 1 heterocycles. The average molecular weight is 320 g/mol. The SMILES string of the molecule is COc1cccnc1CCCCNC(=N)N.O=S(=O)(O)O. The molecular formula is C11H20N4O5S. The summed E-state index contributed by atoms with van der Waals surface area (Å²) in [7, 11) is -3.02. The number of pyridine rings is 1. The zero-order valence-corrected chi connectivity index (χ0v) is 12.4. The van der Waals surface area contributed by atoms with Gasteiger partial charge in [0, 0.05) is 12.7 Å². The molecule has 0 saturated heterocycles. The molecule has 6 N–H and O–H groups in total. The van der Waals surface area contributed by atoms with Crippen molar-refractivity contribution in [3.63, 3.8) is 0 Å². The van der Waals surface area contributed by atoms with Crippen LogP contribution in [0, 0.1) is 5.41 Å². The Morgan fingerprint density at radius 2 is 2.10 bits per heavy atom. The van der Waals surface area contributed by atoms with Gasteiger partial charge in [0.25, 0.3) is 0 Å². The molecule has 1 aromatic heterocycles. The van der Waals surface area contributed by atoms with E-state index in [0.29, 0.717) is 0 Å². The number of rotatable bonds is 6. The van der Waals surface area contributed by atoms with Crippen molar-refractivity contribution in [3.05, 3.63) is 24.0 Å². The number of nitrogens with zero attached hydrogens (tertiary/aromatic N) is 1. The third-order valence-corrected chi connectivity index (χ3v) is 2.22. The largest absolute Gasteiger partial charge is 0.495 e. The number of aryl methyl sites for hydroxylation is 1. The first-order valence-corrected chi connectivity index (χ1v) is 7.39. The van der Waals surface area contributed by atoms with Crippen LogP contribution in [0.5, 0.6) is 5.75 Å². The van der Waals surface area contributed by atoms with Crippen molar-refractivity contribution >= 4 is 16.4 Å². The van der Waals surface area contributed by atoms with Gasteiger partial charge in [-0.15, -0.1) is 0 Å². The lowest BCUT2D eigenvalue weighted by Gasteiger charge is -2.07. The zero-order chi connectivity index (χ0) is 16.3.